The third kappa shape index (κ3) is 4.00. The fourth-order valence-corrected chi connectivity index (χ4v) is 6.50. The highest BCUT2D eigenvalue weighted by molar-refractivity contribution is 7.91. The number of ether oxygens (including phenoxy) is 2. The van der Waals surface area contributed by atoms with E-state index in [4.69, 9.17) is 26.8 Å². The molecule has 1 aromatic heterocycles. The Morgan fingerprint density at radius 1 is 1.23 bits per heavy atom. The lowest BCUT2D eigenvalue weighted by molar-refractivity contribution is 0.186. The molecule has 0 spiro atoms. The highest BCUT2D eigenvalue weighted by Crippen LogP contribution is 2.39. The van der Waals surface area contributed by atoms with Crippen LogP contribution >= 0.6 is 12.2 Å². The van der Waals surface area contributed by atoms with Gasteiger partial charge in [-0.25, -0.2) is 13.1 Å². The summed E-state index contributed by atoms with van der Waals surface area (Å²) in [4.78, 5) is 2.34. The minimum atomic E-state index is -2.98. The van der Waals surface area contributed by atoms with Gasteiger partial charge in [0.15, 0.2) is 14.6 Å². The molecule has 1 aromatic carbocycles. The molecular formula is C20H28N4O4S2. The molecule has 0 bridgehead atoms. The molecule has 2 fully saturated rings. The van der Waals surface area contributed by atoms with Gasteiger partial charge in [0.25, 0.3) is 0 Å². The first-order valence-electron chi connectivity index (χ1n) is 10.1. The Labute approximate surface area is 182 Å². The molecule has 2 unspecified atom stereocenters. The highest BCUT2D eigenvalue weighted by atomic mass is 32.2. The highest BCUT2D eigenvalue weighted by Gasteiger charge is 2.34. The summed E-state index contributed by atoms with van der Waals surface area (Å²) in [5, 5.41) is 4.74. The van der Waals surface area contributed by atoms with Crippen LogP contribution in [0.3, 0.4) is 0 Å². The molecule has 0 amide bonds. The second kappa shape index (κ2) is 8.32. The Bertz CT molecular complexity index is 1090. The predicted octanol–water partition coefficient (Wildman–Crippen LogP) is 2.66. The summed E-state index contributed by atoms with van der Waals surface area (Å²) in [6.07, 6.45) is 2.69. The van der Waals surface area contributed by atoms with Crippen LogP contribution in [-0.2, 0) is 23.6 Å². The fraction of sp³-hybridized carbons (Fsp3) is 0.600. The van der Waals surface area contributed by atoms with Gasteiger partial charge in [0, 0.05) is 31.1 Å². The second-order valence-corrected chi connectivity index (χ2v) is 10.6. The van der Waals surface area contributed by atoms with Crippen molar-refractivity contribution in [1.29, 1.82) is 0 Å². The summed E-state index contributed by atoms with van der Waals surface area (Å²) in [5.74, 6) is 2.69. The average Bonchev–Trinajstić information content (AvgIpc) is 3.41. The van der Waals surface area contributed by atoms with Crippen LogP contribution in [0.2, 0.25) is 0 Å². The minimum absolute atomic E-state index is 0.0872. The lowest BCUT2D eigenvalue weighted by Gasteiger charge is -2.26. The van der Waals surface area contributed by atoms with Gasteiger partial charge in [0.05, 0.1) is 32.4 Å². The zero-order chi connectivity index (χ0) is 21.5. The summed E-state index contributed by atoms with van der Waals surface area (Å²) < 4.78 is 39.1. The van der Waals surface area contributed by atoms with Gasteiger partial charge >= 0.3 is 0 Å². The zero-order valence-electron chi connectivity index (χ0n) is 17.6. The molecule has 30 heavy (non-hydrogen) atoms. The van der Waals surface area contributed by atoms with E-state index in [0.717, 1.165) is 42.3 Å². The van der Waals surface area contributed by atoms with Crippen LogP contribution in [0.5, 0.6) is 11.5 Å². The predicted molar refractivity (Wildman–Crippen MR) is 116 cm³/mol. The number of hydrogen-bond acceptors (Lipinski definition) is 7. The van der Waals surface area contributed by atoms with Crippen molar-refractivity contribution in [3.8, 4) is 11.5 Å². The van der Waals surface area contributed by atoms with Crippen molar-refractivity contribution in [3.05, 3.63) is 34.4 Å². The fourth-order valence-electron chi connectivity index (χ4n) is 4.57. The van der Waals surface area contributed by atoms with E-state index < -0.39 is 9.84 Å². The number of likely N-dealkylation sites (tertiary alicyclic amines) is 1. The third-order valence-corrected chi connectivity index (χ3v) is 8.40. The topological polar surface area (TPSA) is 78.6 Å². The number of nitrogens with zero attached hydrogens (tertiary/aromatic N) is 4. The number of benzene rings is 1. The van der Waals surface area contributed by atoms with E-state index in [2.05, 4.69) is 4.90 Å². The van der Waals surface area contributed by atoms with Crippen LogP contribution in [-0.4, -0.2) is 59.9 Å². The minimum Gasteiger partial charge on any atom is -0.497 e. The Morgan fingerprint density at radius 3 is 2.70 bits per heavy atom. The van der Waals surface area contributed by atoms with Crippen LogP contribution < -0.4 is 9.47 Å². The van der Waals surface area contributed by atoms with Crippen molar-refractivity contribution >= 4 is 22.1 Å². The lowest BCUT2D eigenvalue weighted by atomic mass is 10.0. The molecule has 2 aliphatic heterocycles. The van der Waals surface area contributed by atoms with E-state index in [1.165, 1.54) is 0 Å². The number of sulfone groups is 1. The Morgan fingerprint density at radius 2 is 2.03 bits per heavy atom. The molecule has 0 N–H and O–H groups in total. The van der Waals surface area contributed by atoms with Crippen molar-refractivity contribution in [1.82, 2.24) is 19.2 Å². The van der Waals surface area contributed by atoms with Crippen molar-refractivity contribution in [2.45, 2.75) is 37.9 Å². The molecule has 10 heteroatoms. The van der Waals surface area contributed by atoms with Crippen LogP contribution in [0.25, 0.3) is 0 Å². The first kappa shape index (κ1) is 21.3. The number of methoxy groups -OCH3 is 2. The molecule has 2 aromatic rings. The number of aromatic nitrogens is 3. The molecule has 8 nitrogen and oxygen atoms in total. The molecular weight excluding hydrogens is 424 g/mol. The second-order valence-electron chi connectivity index (χ2n) is 8.02. The molecule has 0 radical (unpaired) electrons. The molecule has 2 atom stereocenters. The number of rotatable bonds is 6. The smallest absolute Gasteiger partial charge is 0.198 e. The van der Waals surface area contributed by atoms with Crippen molar-refractivity contribution in [3.63, 3.8) is 0 Å². The summed E-state index contributed by atoms with van der Waals surface area (Å²) in [6, 6.07) is 6.05. The summed E-state index contributed by atoms with van der Waals surface area (Å²) >= 11 is 5.63. The monoisotopic (exact) mass is 452 g/mol. The van der Waals surface area contributed by atoms with Gasteiger partial charge in [0.1, 0.15) is 17.3 Å². The SMILES string of the molecule is COc1ccc(OC)c(C2CCCN2Cn2nc(C3CCS(=O)(=O)C3)n(C)c2=S)c1. The van der Waals surface area contributed by atoms with Gasteiger partial charge in [-0.05, 0) is 49.7 Å². The largest absolute Gasteiger partial charge is 0.497 e. The van der Waals surface area contributed by atoms with Crippen molar-refractivity contribution in [2.24, 2.45) is 7.05 Å². The molecule has 0 aliphatic carbocycles. The maximum Gasteiger partial charge on any atom is 0.198 e. The van der Waals surface area contributed by atoms with Gasteiger partial charge in [-0.1, -0.05) is 0 Å². The van der Waals surface area contributed by atoms with E-state index in [1.807, 2.05) is 34.5 Å². The zero-order valence-corrected chi connectivity index (χ0v) is 19.2. The van der Waals surface area contributed by atoms with E-state index >= 15 is 0 Å². The van der Waals surface area contributed by atoms with Gasteiger partial charge in [-0.2, -0.15) is 5.10 Å². The van der Waals surface area contributed by atoms with Gasteiger partial charge < -0.3 is 14.0 Å². The standard InChI is InChI=1S/C20H28N4O4S2/c1-22-19(14-8-10-30(25,26)12-14)21-24(20(22)29)13-23-9-4-5-17(23)16-11-15(27-2)6-7-18(16)28-3/h6-7,11,14,17H,4-5,8-10,12-13H2,1-3H3. The first-order valence-corrected chi connectivity index (χ1v) is 12.4. The van der Waals surface area contributed by atoms with Crippen molar-refractivity contribution < 1.29 is 17.9 Å². The summed E-state index contributed by atoms with van der Waals surface area (Å²) in [6.45, 7) is 1.48. The van der Waals surface area contributed by atoms with Gasteiger partial charge in [-0.15, -0.1) is 0 Å². The van der Waals surface area contributed by atoms with E-state index in [1.54, 1.807) is 14.2 Å². The van der Waals surface area contributed by atoms with Gasteiger partial charge in [0.2, 0.25) is 0 Å². The van der Waals surface area contributed by atoms with Gasteiger partial charge in [-0.3, -0.25) is 4.90 Å². The first-order chi connectivity index (χ1) is 14.3. The lowest BCUT2D eigenvalue weighted by Crippen LogP contribution is -2.27. The van der Waals surface area contributed by atoms with Crippen LogP contribution in [0.4, 0.5) is 0 Å². The maximum atomic E-state index is 11.9. The molecule has 0 saturated carbocycles. The Kier molecular flexibility index (Phi) is 5.91. The molecule has 164 valence electrons. The van der Waals surface area contributed by atoms with Crippen LogP contribution in [0.15, 0.2) is 18.2 Å². The summed E-state index contributed by atoms with van der Waals surface area (Å²) in [5.41, 5.74) is 1.10. The van der Waals surface area contributed by atoms with E-state index in [0.29, 0.717) is 17.9 Å². The normalized spacial score (nSPS) is 23.7. The average molecular weight is 453 g/mol. The number of hydrogen-bond donors (Lipinski definition) is 0. The van der Waals surface area contributed by atoms with Crippen molar-refractivity contribution in [2.75, 3.05) is 32.3 Å². The maximum absolute atomic E-state index is 11.9. The van der Waals surface area contributed by atoms with Crippen LogP contribution in [0, 0.1) is 4.77 Å². The summed E-state index contributed by atoms with van der Waals surface area (Å²) in [7, 11) is 2.24. The molecule has 4 rings (SSSR count). The molecule has 2 saturated heterocycles. The molecule has 2 aliphatic rings. The third-order valence-electron chi connectivity index (χ3n) is 6.15. The molecule has 3 heterocycles. The van der Waals surface area contributed by atoms with E-state index in [-0.39, 0.29) is 23.5 Å². The Hall–Kier alpha value is -1.91. The Balaban J connectivity index is 1.60. The quantitative estimate of drug-likeness (QED) is 0.624. The van der Waals surface area contributed by atoms with Crippen LogP contribution in [0.1, 0.15) is 42.6 Å². The van der Waals surface area contributed by atoms with E-state index in [9.17, 15) is 8.42 Å².